The number of nitrogens with zero attached hydrogens (tertiary/aromatic N) is 2. The summed E-state index contributed by atoms with van der Waals surface area (Å²) in [5, 5.41) is 11.1. The van der Waals surface area contributed by atoms with E-state index in [2.05, 4.69) is 4.90 Å². The second-order valence-electron chi connectivity index (χ2n) is 5.79. The molecule has 2 rings (SSSR count). The van der Waals surface area contributed by atoms with Crippen molar-refractivity contribution in [1.29, 1.82) is 0 Å². The van der Waals surface area contributed by atoms with E-state index in [1.807, 2.05) is 7.05 Å². The van der Waals surface area contributed by atoms with Gasteiger partial charge in [-0.2, -0.15) is 0 Å². The molecule has 1 aliphatic rings. The summed E-state index contributed by atoms with van der Waals surface area (Å²) in [5.74, 6) is -0.0283. The van der Waals surface area contributed by atoms with Gasteiger partial charge >= 0.3 is 0 Å². The Bertz CT molecular complexity index is 510. The fourth-order valence-electron chi connectivity index (χ4n) is 3.29. The molecule has 0 amide bonds. The molecule has 21 heavy (non-hydrogen) atoms. The van der Waals surface area contributed by atoms with E-state index < -0.39 is 10.7 Å². The molecule has 0 heterocycles. The zero-order chi connectivity index (χ0) is 15.4. The third-order valence-electron chi connectivity index (χ3n) is 4.40. The number of nitro groups is 1. The van der Waals surface area contributed by atoms with Crippen LogP contribution in [0.15, 0.2) is 18.2 Å². The molecular weight excluding hydrogens is 273 g/mol. The van der Waals surface area contributed by atoms with Crippen molar-refractivity contribution in [3.05, 3.63) is 39.7 Å². The predicted octanol–water partition coefficient (Wildman–Crippen LogP) is 2.68. The van der Waals surface area contributed by atoms with Gasteiger partial charge < -0.3 is 5.73 Å². The molecule has 1 saturated carbocycles. The maximum atomic E-state index is 13.4. The standard InChI is InChI=1S/C15H22FN3O2/c1-18(14-5-3-2-4-11(14)9-17)10-12-8-13(16)6-7-15(12)19(20)21/h6-8,11,14H,2-5,9-10,17H2,1H3. The average molecular weight is 295 g/mol. The Kier molecular flexibility index (Phi) is 5.25. The van der Waals surface area contributed by atoms with Crippen LogP contribution in [-0.4, -0.2) is 29.5 Å². The van der Waals surface area contributed by atoms with Crippen LogP contribution in [0.5, 0.6) is 0 Å². The van der Waals surface area contributed by atoms with Gasteiger partial charge in [0.05, 0.1) is 4.92 Å². The van der Waals surface area contributed by atoms with E-state index in [1.165, 1.54) is 18.6 Å². The van der Waals surface area contributed by atoms with Crippen LogP contribution in [0.1, 0.15) is 31.2 Å². The van der Waals surface area contributed by atoms with E-state index >= 15 is 0 Å². The molecule has 116 valence electrons. The van der Waals surface area contributed by atoms with E-state index in [0.717, 1.165) is 25.3 Å². The summed E-state index contributed by atoms with van der Waals surface area (Å²) < 4.78 is 13.4. The minimum Gasteiger partial charge on any atom is -0.330 e. The average Bonchev–Trinajstić information content (AvgIpc) is 2.46. The van der Waals surface area contributed by atoms with Crippen LogP contribution in [0.4, 0.5) is 10.1 Å². The summed E-state index contributed by atoms with van der Waals surface area (Å²) in [6, 6.07) is 3.94. The SMILES string of the molecule is CN(Cc1cc(F)ccc1[N+](=O)[O-])C1CCCCC1CN. The van der Waals surface area contributed by atoms with Gasteiger partial charge in [-0.3, -0.25) is 15.0 Å². The van der Waals surface area contributed by atoms with Gasteiger partial charge in [-0.25, -0.2) is 4.39 Å². The lowest BCUT2D eigenvalue weighted by atomic mass is 9.83. The van der Waals surface area contributed by atoms with E-state index in [4.69, 9.17) is 5.73 Å². The lowest BCUT2D eigenvalue weighted by Crippen LogP contribution is -2.42. The first kappa shape index (κ1) is 15.9. The van der Waals surface area contributed by atoms with Crippen molar-refractivity contribution in [3.8, 4) is 0 Å². The Balaban J connectivity index is 2.16. The fourth-order valence-corrected chi connectivity index (χ4v) is 3.29. The van der Waals surface area contributed by atoms with Crippen LogP contribution in [0.25, 0.3) is 0 Å². The van der Waals surface area contributed by atoms with Crippen LogP contribution in [0, 0.1) is 21.8 Å². The highest BCUT2D eigenvalue weighted by Gasteiger charge is 2.28. The highest BCUT2D eigenvalue weighted by atomic mass is 19.1. The summed E-state index contributed by atoms with van der Waals surface area (Å²) in [6.45, 7) is 0.996. The number of hydrogen-bond donors (Lipinski definition) is 1. The Hall–Kier alpha value is -1.53. The van der Waals surface area contributed by atoms with Crippen molar-refractivity contribution in [2.75, 3.05) is 13.6 Å². The third kappa shape index (κ3) is 3.77. The summed E-state index contributed by atoms with van der Waals surface area (Å²) in [6.07, 6.45) is 4.47. The van der Waals surface area contributed by atoms with Crippen molar-refractivity contribution >= 4 is 5.69 Å². The molecule has 1 aromatic rings. The number of nitrogens with two attached hydrogens (primary N) is 1. The van der Waals surface area contributed by atoms with Crippen LogP contribution >= 0.6 is 0 Å². The number of rotatable bonds is 5. The van der Waals surface area contributed by atoms with Crippen molar-refractivity contribution in [1.82, 2.24) is 4.90 Å². The zero-order valence-electron chi connectivity index (χ0n) is 12.3. The molecule has 0 bridgehead atoms. The maximum Gasteiger partial charge on any atom is 0.274 e. The van der Waals surface area contributed by atoms with Gasteiger partial charge in [0.25, 0.3) is 5.69 Å². The molecule has 1 fully saturated rings. The molecule has 1 aromatic carbocycles. The first-order valence-electron chi connectivity index (χ1n) is 7.36. The summed E-state index contributed by atoms with van der Waals surface area (Å²) in [5.41, 5.74) is 6.23. The summed E-state index contributed by atoms with van der Waals surface area (Å²) in [7, 11) is 1.94. The summed E-state index contributed by atoms with van der Waals surface area (Å²) in [4.78, 5) is 12.7. The number of nitro benzene ring substituents is 1. The van der Waals surface area contributed by atoms with Crippen LogP contribution in [-0.2, 0) is 6.54 Å². The first-order valence-corrected chi connectivity index (χ1v) is 7.36. The first-order chi connectivity index (χ1) is 10.0. The molecule has 1 aliphatic carbocycles. The van der Waals surface area contributed by atoms with E-state index in [-0.39, 0.29) is 5.69 Å². The minimum atomic E-state index is -0.454. The fraction of sp³-hybridized carbons (Fsp3) is 0.600. The topological polar surface area (TPSA) is 72.4 Å². The second kappa shape index (κ2) is 6.95. The Morgan fingerprint density at radius 1 is 1.43 bits per heavy atom. The molecule has 2 N–H and O–H groups in total. The highest BCUT2D eigenvalue weighted by molar-refractivity contribution is 5.40. The second-order valence-corrected chi connectivity index (χ2v) is 5.79. The van der Waals surface area contributed by atoms with Crippen molar-refractivity contribution in [2.24, 2.45) is 11.7 Å². The maximum absolute atomic E-state index is 13.4. The minimum absolute atomic E-state index is 0.0247. The number of halogens is 1. The lowest BCUT2D eigenvalue weighted by Gasteiger charge is -2.37. The molecule has 6 heteroatoms. The van der Waals surface area contributed by atoms with Gasteiger partial charge in [0.2, 0.25) is 0 Å². The normalized spacial score (nSPS) is 22.5. The molecule has 2 atom stereocenters. The third-order valence-corrected chi connectivity index (χ3v) is 4.40. The molecule has 2 unspecified atom stereocenters. The van der Waals surface area contributed by atoms with Gasteiger partial charge in [0.1, 0.15) is 5.82 Å². The Morgan fingerprint density at radius 2 is 2.14 bits per heavy atom. The van der Waals surface area contributed by atoms with E-state index in [0.29, 0.717) is 30.6 Å². The lowest BCUT2D eigenvalue weighted by molar-refractivity contribution is -0.385. The van der Waals surface area contributed by atoms with Crippen molar-refractivity contribution in [2.45, 2.75) is 38.3 Å². The summed E-state index contributed by atoms with van der Waals surface area (Å²) >= 11 is 0. The van der Waals surface area contributed by atoms with Crippen LogP contribution < -0.4 is 5.73 Å². The van der Waals surface area contributed by atoms with Gasteiger partial charge in [0.15, 0.2) is 0 Å². The van der Waals surface area contributed by atoms with Gasteiger partial charge in [-0.15, -0.1) is 0 Å². The molecule has 0 radical (unpaired) electrons. The van der Waals surface area contributed by atoms with Gasteiger partial charge in [-0.1, -0.05) is 12.8 Å². The zero-order valence-corrected chi connectivity index (χ0v) is 12.3. The van der Waals surface area contributed by atoms with Gasteiger partial charge in [0, 0.05) is 24.2 Å². The van der Waals surface area contributed by atoms with E-state index in [1.54, 1.807) is 0 Å². The van der Waals surface area contributed by atoms with Crippen molar-refractivity contribution in [3.63, 3.8) is 0 Å². The monoisotopic (exact) mass is 295 g/mol. The Labute approximate surface area is 124 Å². The Morgan fingerprint density at radius 3 is 2.81 bits per heavy atom. The molecule has 0 aliphatic heterocycles. The molecule has 0 saturated heterocycles. The van der Waals surface area contributed by atoms with Crippen LogP contribution in [0.2, 0.25) is 0 Å². The molecule has 5 nitrogen and oxygen atoms in total. The predicted molar refractivity (Wildman–Crippen MR) is 79.3 cm³/mol. The van der Waals surface area contributed by atoms with Crippen LogP contribution in [0.3, 0.4) is 0 Å². The number of benzene rings is 1. The highest BCUT2D eigenvalue weighted by Crippen LogP contribution is 2.29. The smallest absolute Gasteiger partial charge is 0.274 e. The van der Waals surface area contributed by atoms with E-state index in [9.17, 15) is 14.5 Å². The number of hydrogen-bond acceptors (Lipinski definition) is 4. The molecule has 0 spiro atoms. The van der Waals surface area contributed by atoms with Crippen molar-refractivity contribution < 1.29 is 9.31 Å². The molecule has 0 aromatic heterocycles. The molecular formula is C15H22FN3O2. The van der Waals surface area contributed by atoms with Gasteiger partial charge in [-0.05, 0) is 44.5 Å². The largest absolute Gasteiger partial charge is 0.330 e. The quantitative estimate of drug-likeness (QED) is 0.669.